The third-order valence-electron chi connectivity index (χ3n) is 3.52. The van der Waals surface area contributed by atoms with Gasteiger partial charge in [0.05, 0.1) is 6.42 Å². The Morgan fingerprint density at radius 1 is 1.04 bits per heavy atom. The van der Waals surface area contributed by atoms with Crippen LogP contribution in [-0.4, -0.2) is 30.9 Å². The molecule has 0 aliphatic carbocycles. The number of nitrogens with zero attached hydrogens (tertiary/aromatic N) is 1. The third kappa shape index (κ3) is 5.96. The fourth-order valence-electron chi connectivity index (χ4n) is 2.05. The van der Waals surface area contributed by atoms with Crippen molar-refractivity contribution in [3.05, 3.63) is 63.6 Å². The van der Waals surface area contributed by atoms with Crippen LogP contribution in [0.1, 0.15) is 11.1 Å². The summed E-state index contributed by atoms with van der Waals surface area (Å²) in [6.07, 6.45) is 0.328. The molecule has 0 spiro atoms. The predicted octanol–water partition coefficient (Wildman–Crippen LogP) is 3.95. The third-order valence-corrected chi connectivity index (χ3v) is 4.11. The van der Waals surface area contributed by atoms with Gasteiger partial charge in [-0.05, 0) is 35.4 Å². The molecule has 0 aliphatic rings. The zero-order chi connectivity index (χ0) is 18.4. The van der Waals surface area contributed by atoms with Crippen molar-refractivity contribution in [3.63, 3.8) is 0 Å². The second-order valence-electron chi connectivity index (χ2n) is 5.71. The Bertz CT molecular complexity index is 761. The molecule has 0 atom stereocenters. The number of hydrogen-bond donors (Lipinski definition) is 2. The number of amides is 3. The van der Waals surface area contributed by atoms with Crippen LogP contribution in [0.5, 0.6) is 0 Å². The standard InChI is InChI=1S/C18H19Cl2N3O2/c1-23(2)17(24)9-12-3-7-15(8-4-12)22-18(25)21-11-13-5-6-14(19)10-16(13)20/h3-8,10H,9,11H2,1-2H3,(H2,21,22,25). The van der Waals surface area contributed by atoms with Crippen molar-refractivity contribution >= 4 is 40.8 Å². The Kier molecular flexibility index (Phi) is 6.67. The van der Waals surface area contributed by atoms with Gasteiger partial charge in [-0.3, -0.25) is 4.79 Å². The van der Waals surface area contributed by atoms with Crippen LogP contribution in [0.4, 0.5) is 10.5 Å². The van der Waals surface area contributed by atoms with Crippen molar-refractivity contribution in [3.8, 4) is 0 Å². The highest BCUT2D eigenvalue weighted by atomic mass is 35.5. The second-order valence-corrected chi connectivity index (χ2v) is 6.55. The Hall–Kier alpha value is -2.24. The number of carbonyl (C=O) groups is 2. The molecule has 0 unspecified atom stereocenters. The van der Waals surface area contributed by atoms with Gasteiger partial charge in [0.2, 0.25) is 5.91 Å². The highest BCUT2D eigenvalue weighted by Crippen LogP contribution is 2.20. The minimum absolute atomic E-state index is 0.0262. The molecular formula is C18H19Cl2N3O2. The number of halogens is 2. The summed E-state index contributed by atoms with van der Waals surface area (Å²) in [5, 5.41) is 6.51. The Balaban J connectivity index is 1.87. The molecule has 3 amide bonds. The van der Waals surface area contributed by atoms with Crippen LogP contribution in [0.15, 0.2) is 42.5 Å². The van der Waals surface area contributed by atoms with Crippen LogP contribution in [-0.2, 0) is 17.8 Å². The van der Waals surface area contributed by atoms with E-state index in [0.29, 0.717) is 22.2 Å². The van der Waals surface area contributed by atoms with Gasteiger partial charge in [-0.1, -0.05) is 41.4 Å². The van der Waals surface area contributed by atoms with Crippen LogP contribution in [0.25, 0.3) is 0 Å². The molecular weight excluding hydrogens is 361 g/mol. The molecule has 0 bridgehead atoms. The van der Waals surface area contributed by atoms with E-state index in [-0.39, 0.29) is 18.5 Å². The smallest absolute Gasteiger partial charge is 0.319 e. The van der Waals surface area contributed by atoms with Crippen LogP contribution in [0, 0.1) is 0 Å². The molecule has 7 heteroatoms. The maximum absolute atomic E-state index is 12.0. The van der Waals surface area contributed by atoms with E-state index < -0.39 is 0 Å². The average Bonchev–Trinajstić information content (AvgIpc) is 2.55. The molecule has 0 saturated heterocycles. The summed E-state index contributed by atoms with van der Waals surface area (Å²) in [5.74, 6) is 0.0262. The molecule has 0 aromatic heterocycles. The zero-order valence-corrected chi connectivity index (χ0v) is 15.5. The first-order valence-corrected chi connectivity index (χ1v) is 8.38. The summed E-state index contributed by atoms with van der Waals surface area (Å²) < 4.78 is 0. The van der Waals surface area contributed by atoms with E-state index >= 15 is 0 Å². The quantitative estimate of drug-likeness (QED) is 0.825. The number of likely N-dealkylation sites (N-methyl/N-ethyl adjacent to an activating group) is 1. The van der Waals surface area contributed by atoms with Crippen molar-refractivity contribution in [2.24, 2.45) is 0 Å². The summed E-state index contributed by atoms with van der Waals surface area (Å²) in [6.45, 7) is 0.289. The molecule has 0 fully saturated rings. The van der Waals surface area contributed by atoms with Gasteiger partial charge in [0.25, 0.3) is 0 Å². The molecule has 5 nitrogen and oxygen atoms in total. The molecule has 0 aliphatic heterocycles. The predicted molar refractivity (Wildman–Crippen MR) is 101 cm³/mol. The highest BCUT2D eigenvalue weighted by molar-refractivity contribution is 6.35. The van der Waals surface area contributed by atoms with Gasteiger partial charge in [-0.25, -0.2) is 4.79 Å². The first-order valence-electron chi connectivity index (χ1n) is 7.63. The SMILES string of the molecule is CN(C)C(=O)Cc1ccc(NC(=O)NCc2ccc(Cl)cc2Cl)cc1. The van der Waals surface area contributed by atoms with E-state index in [4.69, 9.17) is 23.2 Å². The molecule has 0 radical (unpaired) electrons. The van der Waals surface area contributed by atoms with E-state index in [1.165, 1.54) is 0 Å². The van der Waals surface area contributed by atoms with E-state index in [1.54, 1.807) is 49.3 Å². The van der Waals surface area contributed by atoms with Crippen molar-refractivity contribution < 1.29 is 9.59 Å². The maximum Gasteiger partial charge on any atom is 0.319 e. The lowest BCUT2D eigenvalue weighted by Gasteiger charge is -2.11. The Morgan fingerprint density at radius 3 is 2.32 bits per heavy atom. The van der Waals surface area contributed by atoms with Crippen LogP contribution >= 0.6 is 23.2 Å². The molecule has 2 rings (SSSR count). The van der Waals surface area contributed by atoms with Gasteiger partial charge in [-0.15, -0.1) is 0 Å². The minimum Gasteiger partial charge on any atom is -0.349 e. The van der Waals surface area contributed by atoms with E-state index in [0.717, 1.165) is 11.1 Å². The molecule has 25 heavy (non-hydrogen) atoms. The molecule has 132 valence electrons. The highest BCUT2D eigenvalue weighted by Gasteiger charge is 2.07. The minimum atomic E-state index is -0.344. The van der Waals surface area contributed by atoms with Crippen molar-refractivity contribution in [1.82, 2.24) is 10.2 Å². The molecule has 0 saturated carbocycles. The van der Waals surface area contributed by atoms with Crippen molar-refractivity contribution in [2.75, 3.05) is 19.4 Å². The monoisotopic (exact) mass is 379 g/mol. The number of anilines is 1. The van der Waals surface area contributed by atoms with Crippen LogP contribution in [0.2, 0.25) is 10.0 Å². The van der Waals surface area contributed by atoms with Crippen molar-refractivity contribution in [2.45, 2.75) is 13.0 Å². The van der Waals surface area contributed by atoms with E-state index in [1.807, 2.05) is 12.1 Å². The molecule has 0 heterocycles. The second kappa shape index (κ2) is 8.74. The fraction of sp³-hybridized carbons (Fsp3) is 0.222. The summed E-state index contributed by atoms with van der Waals surface area (Å²) in [7, 11) is 3.44. The van der Waals surface area contributed by atoms with Gasteiger partial charge in [0.1, 0.15) is 0 Å². The number of carbonyl (C=O) groups excluding carboxylic acids is 2. The lowest BCUT2D eigenvalue weighted by atomic mass is 10.1. The summed E-state index contributed by atoms with van der Waals surface area (Å²) in [5.41, 5.74) is 2.30. The fourth-order valence-corrected chi connectivity index (χ4v) is 2.53. The summed E-state index contributed by atoms with van der Waals surface area (Å²) in [4.78, 5) is 25.2. The van der Waals surface area contributed by atoms with E-state index in [2.05, 4.69) is 10.6 Å². The van der Waals surface area contributed by atoms with Crippen LogP contribution in [0.3, 0.4) is 0 Å². The maximum atomic E-state index is 12.0. The first-order chi connectivity index (χ1) is 11.8. The molecule has 2 N–H and O–H groups in total. The first kappa shape index (κ1) is 19.1. The molecule has 2 aromatic rings. The number of nitrogens with one attached hydrogen (secondary N) is 2. The normalized spacial score (nSPS) is 10.2. The number of benzene rings is 2. The lowest BCUT2D eigenvalue weighted by molar-refractivity contribution is -0.127. The largest absolute Gasteiger partial charge is 0.349 e. The van der Waals surface area contributed by atoms with Gasteiger partial charge in [0.15, 0.2) is 0 Å². The number of urea groups is 1. The van der Waals surface area contributed by atoms with Crippen molar-refractivity contribution in [1.29, 1.82) is 0 Å². The van der Waals surface area contributed by atoms with Gasteiger partial charge in [0, 0.05) is 36.4 Å². The number of rotatable bonds is 5. The zero-order valence-electron chi connectivity index (χ0n) is 14.0. The Labute approximate surface area is 156 Å². The topological polar surface area (TPSA) is 61.4 Å². The molecule has 2 aromatic carbocycles. The average molecular weight is 380 g/mol. The lowest BCUT2D eigenvalue weighted by Crippen LogP contribution is -2.28. The summed E-state index contributed by atoms with van der Waals surface area (Å²) in [6, 6.07) is 11.9. The van der Waals surface area contributed by atoms with Gasteiger partial charge >= 0.3 is 6.03 Å². The van der Waals surface area contributed by atoms with Gasteiger partial charge < -0.3 is 15.5 Å². The van der Waals surface area contributed by atoms with Crippen LogP contribution < -0.4 is 10.6 Å². The summed E-state index contributed by atoms with van der Waals surface area (Å²) >= 11 is 11.9. The number of hydrogen-bond acceptors (Lipinski definition) is 2. The van der Waals surface area contributed by atoms with Gasteiger partial charge in [-0.2, -0.15) is 0 Å². The van der Waals surface area contributed by atoms with E-state index in [9.17, 15) is 9.59 Å². The Morgan fingerprint density at radius 2 is 1.72 bits per heavy atom.